The normalized spacial score (nSPS) is 23.4. The molecular weight excluding hydrogens is 433 g/mol. The minimum absolute atomic E-state index is 0. The van der Waals surface area contributed by atoms with Crippen molar-refractivity contribution in [2.75, 3.05) is 46.0 Å². The summed E-state index contributed by atoms with van der Waals surface area (Å²) in [6.07, 6.45) is 11.5. The standard InChI is InChI=1S/C27H30FN3O3.H2/c28-24-16-26(34-14-11-31-9-12-33-13-10-31)29-18-23(24)21-6-4-20(5-7-21)15-25(32)30-19-27-8-2-1-3-22(27)17-27;/h1-8,16,18,22H,9-15,17,19H2,(H,30,32);1H. The number of carbonyl (C=O) groups excluding carboxylic acids is 1. The van der Waals surface area contributed by atoms with Crippen LogP contribution in [0.4, 0.5) is 4.39 Å². The fraction of sp³-hybridized carbons (Fsp3) is 0.407. The number of benzene rings is 1. The first kappa shape index (κ1) is 22.7. The lowest BCUT2D eigenvalue weighted by Crippen LogP contribution is -2.38. The van der Waals surface area contributed by atoms with Gasteiger partial charge in [0.25, 0.3) is 0 Å². The van der Waals surface area contributed by atoms with E-state index in [1.165, 1.54) is 12.3 Å². The van der Waals surface area contributed by atoms with Gasteiger partial charge >= 0.3 is 0 Å². The van der Waals surface area contributed by atoms with E-state index in [0.29, 0.717) is 36.6 Å². The Bertz CT molecular complexity index is 1090. The average Bonchev–Trinajstić information content (AvgIpc) is 3.59. The first-order valence-corrected chi connectivity index (χ1v) is 11.9. The van der Waals surface area contributed by atoms with Gasteiger partial charge in [0.1, 0.15) is 12.4 Å². The highest BCUT2D eigenvalue weighted by Crippen LogP contribution is 2.55. The van der Waals surface area contributed by atoms with E-state index in [1.807, 2.05) is 24.3 Å². The largest absolute Gasteiger partial charge is 0.476 e. The van der Waals surface area contributed by atoms with Crippen molar-refractivity contribution in [2.24, 2.45) is 11.3 Å². The third-order valence-corrected chi connectivity index (χ3v) is 6.89. The monoisotopic (exact) mass is 465 g/mol. The quantitative estimate of drug-likeness (QED) is 0.613. The number of nitrogens with one attached hydrogen (secondary N) is 1. The number of halogens is 1. The van der Waals surface area contributed by atoms with Crippen LogP contribution in [0.1, 0.15) is 13.4 Å². The highest BCUT2D eigenvalue weighted by Gasteiger charge is 2.51. The van der Waals surface area contributed by atoms with Crippen LogP contribution in [-0.2, 0) is 16.0 Å². The maximum Gasteiger partial charge on any atom is 0.224 e. The Morgan fingerprint density at radius 3 is 2.85 bits per heavy atom. The Hall–Kier alpha value is -3.03. The van der Waals surface area contributed by atoms with Gasteiger partial charge in [-0.05, 0) is 23.5 Å². The van der Waals surface area contributed by atoms with Crippen molar-refractivity contribution in [2.45, 2.75) is 12.8 Å². The molecule has 1 aliphatic heterocycles. The molecule has 34 heavy (non-hydrogen) atoms. The van der Waals surface area contributed by atoms with Gasteiger partial charge in [-0.3, -0.25) is 9.69 Å². The van der Waals surface area contributed by atoms with E-state index in [2.05, 4.69) is 39.5 Å². The molecule has 0 radical (unpaired) electrons. The topological polar surface area (TPSA) is 63.7 Å². The van der Waals surface area contributed by atoms with Gasteiger partial charge in [0.2, 0.25) is 11.8 Å². The first-order chi connectivity index (χ1) is 16.6. The molecule has 2 aromatic rings. The third kappa shape index (κ3) is 5.37. The van der Waals surface area contributed by atoms with Gasteiger partial charge in [0.05, 0.1) is 19.6 Å². The fourth-order valence-corrected chi connectivity index (χ4v) is 4.63. The minimum Gasteiger partial charge on any atom is -0.476 e. The first-order valence-electron chi connectivity index (χ1n) is 11.9. The predicted molar refractivity (Wildman–Crippen MR) is 130 cm³/mol. The molecule has 2 aliphatic carbocycles. The summed E-state index contributed by atoms with van der Waals surface area (Å²) in [6, 6.07) is 8.71. The molecular formula is C27H32FN3O3. The van der Waals surface area contributed by atoms with E-state index < -0.39 is 0 Å². The van der Waals surface area contributed by atoms with E-state index in [4.69, 9.17) is 9.47 Å². The number of rotatable bonds is 9. The maximum atomic E-state index is 14.7. The van der Waals surface area contributed by atoms with Crippen molar-refractivity contribution in [1.82, 2.24) is 15.2 Å². The van der Waals surface area contributed by atoms with Crippen molar-refractivity contribution in [3.8, 4) is 17.0 Å². The van der Waals surface area contributed by atoms with Crippen molar-refractivity contribution < 1.29 is 20.1 Å². The van der Waals surface area contributed by atoms with Crippen molar-refractivity contribution in [3.63, 3.8) is 0 Å². The average molecular weight is 466 g/mol. The Morgan fingerprint density at radius 1 is 1.26 bits per heavy atom. The molecule has 1 aromatic heterocycles. The molecule has 0 spiro atoms. The van der Waals surface area contributed by atoms with Crippen molar-refractivity contribution in [3.05, 3.63) is 72.2 Å². The molecule has 2 fully saturated rings. The van der Waals surface area contributed by atoms with E-state index in [9.17, 15) is 9.18 Å². The lowest BCUT2D eigenvalue weighted by Gasteiger charge is -2.26. The van der Waals surface area contributed by atoms with Crippen molar-refractivity contribution >= 4 is 5.91 Å². The second-order valence-electron chi connectivity index (χ2n) is 9.24. The van der Waals surface area contributed by atoms with Crippen LogP contribution in [0.5, 0.6) is 5.88 Å². The Kier molecular flexibility index (Phi) is 6.74. The van der Waals surface area contributed by atoms with Crippen LogP contribution in [0, 0.1) is 17.2 Å². The number of carbonyl (C=O) groups is 1. The van der Waals surface area contributed by atoms with E-state index >= 15 is 0 Å². The van der Waals surface area contributed by atoms with Gasteiger partial charge in [-0.1, -0.05) is 48.6 Å². The summed E-state index contributed by atoms with van der Waals surface area (Å²) in [5, 5.41) is 3.07. The van der Waals surface area contributed by atoms with Crippen LogP contribution in [0.15, 0.2) is 60.8 Å². The van der Waals surface area contributed by atoms with Gasteiger partial charge in [-0.2, -0.15) is 0 Å². The molecule has 1 aromatic carbocycles. The molecule has 1 amide bonds. The number of nitrogens with zero attached hydrogens (tertiary/aromatic N) is 2. The summed E-state index contributed by atoms with van der Waals surface area (Å²) in [5.74, 6) is 0.461. The Balaban J connectivity index is 0.00000289. The number of hydrogen-bond donors (Lipinski definition) is 1. The van der Waals surface area contributed by atoms with Gasteiger partial charge in [0, 0.05) is 50.8 Å². The van der Waals surface area contributed by atoms with Gasteiger partial charge in [0.15, 0.2) is 0 Å². The second-order valence-corrected chi connectivity index (χ2v) is 9.24. The summed E-state index contributed by atoms with van der Waals surface area (Å²) in [5.41, 5.74) is 2.14. The van der Waals surface area contributed by atoms with Crippen LogP contribution in [0.25, 0.3) is 11.1 Å². The predicted octanol–water partition coefficient (Wildman–Crippen LogP) is 3.64. The number of aromatic nitrogens is 1. The molecule has 6 nitrogen and oxygen atoms in total. The van der Waals surface area contributed by atoms with Gasteiger partial charge in [-0.25, -0.2) is 9.37 Å². The number of fused-ring (bicyclic) bond motifs is 1. The number of ether oxygens (including phenoxy) is 2. The number of amides is 1. The molecule has 1 saturated heterocycles. The zero-order chi connectivity index (χ0) is 23.4. The number of pyridine rings is 1. The van der Waals surface area contributed by atoms with E-state index in [0.717, 1.165) is 44.8 Å². The minimum atomic E-state index is -0.380. The van der Waals surface area contributed by atoms with Crippen LogP contribution < -0.4 is 10.1 Å². The third-order valence-electron chi connectivity index (χ3n) is 6.89. The molecule has 2 unspecified atom stereocenters. The molecule has 7 heteroatoms. The molecule has 1 saturated carbocycles. The maximum absolute atomic E-state index is 14.7. The molecule has 2 atom stereocenters. The molecule has 5 rings (SSSR count). The zero-order valence-electron chi connectivity index (χ0n) is 19.2. The SMILES string of the molecule is O=C(Cc1ccc(-c2cnc(OCCN3CCOCC3)cc2F)cc1)NCC12C=CC=CC1C2.[HH]. The van der Waals surface area contributed by atoms with Gasteiger partial charge < -0.3 is 14.8 Å². The summed E-state index contributed by atoms with van der Waals surface area (Å²) >= 11 is 0. The van der Waals surface area contributed by atoms with E-state index in [1.54, 1.807) is 0 Å². The zero-order valence-corrected chi connectivity index (χ0v) is 19.2. The lowest BCUT2D eigenvalue weighted by atomic mass is 9.99. The van der Waals surface area contributed by atoms with Crippen LogP contribution in [0.3, 0.4) is 0 Å². The Labute approximate surface area is 200 Å². The molecule has 2 heterocycles. The highest BCUT2D eigenvalue weighted by atomic mass is 19.1. The number of morpholine rings is 1. The fourth-order valence-electron chi connectivity index (χ4n) is 4.63. The summed E-state index contributed by atoms with van der Waals surface area (Å²) in [6.45, 7) is 5.14. The lowest BCUT2D eigenvalue weighted by molar-refractivity contribution is -0.120. The van der Waals surface area contributed by atoms with Gasteiger partial charge in [-0.15, -0.1) is 0 Å². The van der Waals surface area contributed by atoms with Crippen molar-refractivity contribution in [1.29, 1.82) is 0 Å². The highest BCUT2D eigenvalue weighted by molar-refractivity contribution is 5.79. The molecule has 3 aliphatic rings. The van der Waals surface area contributed by atoms with E-state index in [-0.39, 0.29) is 24.4 Å². The van der Waals surface area contributed by atoms with Crippen LogP contribution >= 0.6 is 0 Å². The van der Waals surface area contributed by atoms with Crippen LogP contribution in [0.2, 0.25) is 0 Å². The van der Waals surface area contributed by atoms with Crippen LogP contribution in [-0.4, -0.2) is 61.8 Å². The second kappa shape index (κ2) is 10.1. The summed E-state index contributed by atoms with van der Waals surface area (Å²) in [7, 11) is 0. The smallest absolute Gasteiger partial charge is 0.224 e. The summed E-state index contributed by atoms with van der Waals surface area (Å²) < 4.78 is 25.7. The molecule has 180 valence electrons. The number of hydrogen-bond acceptors (Lipinski definition) is 5. The molecule has 0 bridgehead atoms. The Morgan fingerprint density at radius 2 is 2.09 bits per heavy atom. The molecule has 1 N–H and O–H groups in total. The number of allylic oxidation sites excluding steroid dienone is 3. The summed E-state index contributed by atoms with van der Waals surface area (Å²) in [4.78, 5) is 18.9.